The Morgan fingerprint density at radius 2 is 2.06 bits per heavy atom. The van der Waals surface area contributed by atoms with E-state index in [1.54, 1.807) is 0 Å². The van der Waals surface area contributed by atoms with Crippen molar-refractivity contribution < 1.29 is 4.79 Å². The minimum Gasteiger partial charge on any atom is -0.335 e. The van der Waals surface area contributed by atoms with Gasteiger partial charge in [-0.3, -0.25) is 4.79 Å². The van der Waals surface area contributed by atoms with Crippen molar-refractivity contribution in [2.45, 2.75) is 19.8 Å². The molecule has 0 atom stereocenters. The van der Waals surface area contributed by atoms with Crippen LogP contribution in [0.3, 0.4) is 0 Å². The molecule has 4 heteroatoms. The molecule has 1 heterocycles. The first-order valence-electron chi connectivity index (χ1n) is 5.84. The number of nitrogens with zero attached hydrogens (tertiary/aromatic N) is 2. The fourth-order valence-corrected chi connectivity index (χ4v) is 2.51. The summed E-state index contributed by atoms with van der Waals surface area (Å²) < 4.78 is 3.09. The summed E-state index contributed by atoms with van der Waals surface area (Å²) in [5.74, 6) is 0.874. The van der Waals surface area contributed by atoms with Crippen molar-refractivity contribution in [3.8, 4) is 0 Å². The molecule has 0 saturated heterocycles. The SMILES string of the molecule is Cc1nc(C=O)c(CCc2ccccc2Br)n1C. The van der Waals surface area contributed by atoms with Crippen molar-refractivity contribution in [3.63, 3.8) is 0 Å². The van der Waals surface area contributed by atoms with Crippen LogP contribution >= 0.6 is 15.9 Å². The Balaban J connectivity index is 2.21. The van der Waals surface area contributed by atoms with Crippen LogP contribution in [0.1, 0.15) is 27.6 Å². The zero-order valence-electron chi connectivity index (χ0n) is 10.5. The lowest BCUT2D eigenvalue weighted by Crippen LogP contribution is -2.03. The van der Waals surface area contributed by atoms with Gasteiger partial charge in [0.05, 0.1) is 0 Å². The number of imidazole rings is 1. The summed E-state index contributed by atoms with van der Waals surface area (Å²) in [6.45, 7) is 1.91. The van der Waals surface area contributed by atoms with Crippen LogP contribution in [0.4, 0.5) is 0 Å². The second-order valence-corrected chi connectivity index (χ2v) is 5.11. The Bertz CT molecular complexity index is 575. The molecule has 2 rings (SSSR count). The van der Waals surface area contributed by atoms with Crippen molar-refractivity contribution in [2.75, 3.05) is 0 Å². The third-order valence-corrected chi connectivity index (χ3v) is 3.94. The summed E-state index contributed by atoms with van der Waals surface area (Å²) in [5, 5.41) is 0. The summed E-state index contributed by atoms with van der Waals surface area (Å²) in [6.07, 6.45) is 2.54. The number of halogens is 1. The molecule has 18 heavy (non-hydrogen) atoms. The summed E-state index contributed by atoms with van der Waals surface area (Å²) in [5.41, 5.74) is 2.80. The zero-order valence-corrected chi connectivity index (χ0v) is 12.1. The van der Waals surface area contributed by atoms with Gasteiger partial charge >= 0.3 is 0 Å². The molecule has 1 aromatic carbocycles. The molecule has 1 aromatic heterocycles. The molecule has 0 radical (unpaired) electrons. The fraction of sp³-hybridized carbons (Fsp3) is 0.286. The minimum atomic E-state index is 0.557. The highest BCUT2D eigenvalue weighted by atomic mass is 79.9. The van der Waals surface area contributed by atoms with Crippen LogP contribution in [0.5, 0.6) is 0 Å². The van der Waals surface area contributed by atoms with Crippen LogP contribution in [-0.4, -0.2) is 15.8 Å². The molecule has 94 valence electrons. The number of carbonyl (C=O) groups is 1. The third-order valence-electron chi connectivity index (χ3n) is 3.17. The van der Waals surface area contributed by atoms with Gasteiger partial charge in [0.2, 0.25) is 0 Å². The molecule has 0 bridgehead atoms. The fourth-order valence-electron chi connectivity index (χ4n) is 2.03. The summed E-state index contributed by atoms with van der Waals surface area (Å²) >= 11 is 3.54. The molecular weight excluding hydrogens is 292 g/mol. The van der Waals surface area contributed by atoms with Crippen molar-refractivity contribution in [3.05, 3.63) is 51.5 Å². The number of aryl methyl sites for hydroxylation is 2. The predicted molar refractivity (Wildman–Crippen MR) is 74.9 cm³/mol. The normalized spacial score (nSPS) is 10.6. The zero-order chi connectivity index (χ0) is 13.1. The first-order valence-corrected chi connectivity index (χ1v) is 6.63. The summed E-state index contributed by atoms with van der Waals surface area (Å²) in [6, 6.07) is 8.15. The maximum absolute atomic E-state index is 11.0. The van der Waals surface area contributed by atoms with E-state index in [1.165, 1.54) is 5.56 Å². The molecule has 3 nitrogen and oxygen atoms in total. The second-order valence-electron chi connectivity index (χ2n) is 4.26. The smallest absolute Gasteiger partial charge is 0.170 e. The highest BCUT2D eigenvalue weighted by molar-refractivity contribution is 9.10. The lowest BCUT2D eigenvalue weighted by molar-refractivity contribution is 0.111. The number of benzene rings is 1. The van der Waals surface area contributed by atoms with Crippen molar-refractivity contribution in [1.82, 2.24) is 9.55 Å². The van der Waals surface area contributed by atoms with Gasteiger partial charge in [0.1, 0.15) is 11.5 Å². The molecule has 0 aliphatic rings. The summed E-state index contributed by atoms with van der Waals surface area (Å²) in [4.78, 5) is 15.2. The standard InChI is InChI=1S/C14H15BrN2O/c1-10-16-13(9-18)14(17(10)2)8-7-11-5-3-4-6-12(11)15/h3-6,9H,7-8H2,1-2H3. The monoisotopic (exact) mass is 306 g/mol. The van der Waals surface area contributed by atoms with Crippen LogP contribution < -0.4 is 0 Å². The lowest BCUT2D eigenvalue weighted by Gasteiger charge is -2.06. The van der Waals surface area contributed by atoms with E-state index < -0.39 is 0 Å². The Labute approximate surface area is 115 Å². The molecule has 2 aromatic rings. The van der Waals surface area contributed by atoms with E-state index in [0.717, 1.165) is 35.1 Å². The van der Waals surface area contributed by atoms with Gasteiger partial charge in [0.15, 0.2) is 6.29 Å². The van der Waals surface area contributed by atoms with E-state index in [4.69, 9.17) is 0 Å². The third kappa shape index (κ3) is 2.53. The molecule has 0 amide bonds. The predicted octanol–water partition coefficient (Wildman–Crippen LogP) is 3.09. The van der Waals surface area contributed by atoms with E-state index in [9.17, 15) is 4.79 Å². The topological polar surface area (TPSA) is 34.9 Å². The van der Waals surface area contributed by atoms with Crippen LogP contribution in [-0.2, 0) is 19.9 Å². The number of aromatic nitrogens is 2. The number of carbonyl (C=O) groups excluding carboxylic acids is 1. The largest absolute Gasteiger partial charge is 0.335 e. The molecule has 0 fully saturated rings. The lowest BCUT2D eigenvalue weighted by atomic mass is 10.1. The quantitative estimate of drug-likeness (QED) is 0.814. The van der Waals surface area contributed by atoms with Gasteiger partial charge in [0.25, 0.3) is 0 Å². The maximum Gasteiger partial charge on any atom is 0.170 e. The van der Waals surface area contributed by atoms with Gasteiger partial charge in [-0.25, -0.2) is 4.98 Å². The Kier molecular flexibility index (Phi) is 3.97. The Morgan fingerprint density at radius 1 is 1.33 bits per heavy atom. The van der Waals surface area contributed by atoms with E-state index in [-0.39, 0.29) is 0 Å². The minimum absolute atomic E-state index is 0.557. The van der Waals surface area contributed by atoms with Gasteiger partial charge in [-0.2, -0.15) is 0 Å². The number of aldehydes is 1. The van der Waals surface area contributed by atoms with E-state index in [2.05, 4.69) is 27.0 Å². The van der Waals surface area contributed by atoms with Crippen LogP contribution in [0.15, 0.2) is 28.7 Å². The first kappa shape index (κ1) is 13.0. The molecule has 0 unspecified atom stereocenters. The van der Waals surface area contributed by atoms with Gasteiger partial charge in [-0.1, -0.05) is 34.1 Å². The maximum atomic E-state index is 11.0. The molecule has 0 aliphatic heterocycles. The second kappa shape index (κ2) is 5.48. The van der Waals surface area contributed by atoms with E-state index in [1.807, 2.05) is 36.7 Å². The molecule has 0 N–H and O–H groups in total. The average molecular weight is 307 g/mol. The van der Waals surface area contributed by atoms with E-state index in [0.29, 0.717) is 5.69 Å². The van der Waals surface area contributed by atoms with Gasteiger partial charge < -0.3 is 4.57 Å². The highest BCUT2D eigenvalue weighted by Gasteiger charge is 2.11. The van der Waals surface area contributed by atoms with Gasteiger partial charge in [0, 0.05) is 17.2 Å². The van der Waals surface area contributed by atoms with E-state index >= 15 is 0 Å². The number of rotatable bonds is 4. The van der Waals surface area contributed by atoms with Crippen molar-refractivity contribution in [2.24, 2.45) is 7.05 Å². The van der Waals surface area contributed by atoms with Crippen molar-refractivity contribution in [1.29, 1.82) is 0 Å². The Hall–Kier alpha value is -1.42. The molecule has 0 aliphatic carbocycles. The molecular formula is C14H15BrN2O. The van der Waals surface area contributed by atoms with Crippen molar-refractivity contribution >= 4 is 22.2 Å². The van der Waals surface area contributed by atoms with Crippen LogP contribution in [0, 0.1) is 6.92 Å². The number of hydrogen-bond donors (Lipinski definition) is 0. The Morgan fingerprint density at radius 3 is 2.72 bits per heavy atom. The first-order chi connectivity index (χ1) is 8.63. The average Bonchev–Trinajstić information content (AvgIpc) is 2.65. The van der Waals surface area contributed by atoms with Gasteiger partial charge in [-0.05, 0) is 31.4 Å². The number of hydrogen-bond acceptors (Lipinski definition) is 2. The van der Waals surface area contributed by atoms with Crippen LogP contribution in [0.2, 0.25) is 0 Å². The van der Waals surface area contributed by atoms with Crippen LogP contribution in [0.25, 0.3) is 0 Å². The molecule has 0 spiro atoms. The molecule has 0 saturated carbocycles. The van der Waals surface area contributed by atoms with Gasteiger partial charge in [-0.15, -0.1) is 0 Å². The summed E-state index contributed by atoms with van der Waals surface area (Å²) in [7, 11) is 1.95. The highest BCUT2D eigenvalue weighted by Crippen LogP contribution is 2.19.